The summed E-state index contributed by atoms with van der Waals surface area (Å²) in [7, 11) is 4.28. The first-order valence-electron chi connectivity index (χ1n) is 8.46. The molecular weight excluding hydrogens is 366 g/mol. The Morgan fingerprint density at radius 2 is 1.61 bits per heavy atom. The smallest absolute Gasteiger partial charge is 0.408 e. The van der Waals surface area contributed by atoms with E-state index >= 15 is 0 Å². The quantitative estimate of drug-likeness (QED) is 0.668. The van der Waals surface area contributed by atoms with E-state index in [0.717, 1.165) is 5.56 Å². The molecule has 0 fully saturated rings. The molecule has 8 nitrogen and oxygen atoms in total. The molecule has 8 heteroatoms. The van der Waals surface area contributed by atoms with Crippen LogP contribution in [0.5, 0.6) is 17.2 Å². The Balaban J connectivity index is 1.97. The van der Waals surface area contributed by atoms with Crippen LogP contribution in [-0.4, -0.2) is 44.5 Å². The second-order valence-electron chi connectivity index (χ2n) is 5.86. The standard InChI is InChI=1S/C20H23NO7/c1-25-17-9-6-14(11-18(17)26-2)12-28-20(24)21-16(19(23)27-3)10-13-4-7-15(22)8-5-13/h4-9,11,16,22H,10,12H2,1-3H3,(H,21,24)/t16-/m0/s1. The predicted molar refractivity (Wildman–Crippen MR) is 100 cm³/mol. The van der Waals surface area contributed by atoms with Gasteiger partial charge in [0.25, 0.3) is 0 Å². The van der Waals surface area contributed by atoms with Crippen molar-refractivity contribution in [3.8, 4) is 17.2 Å². The molecule has 1 atom stereocenters. The number of carbonyl (C=O) groups excluding carboxylic acids is 2. The van der Waals surface area contributed by atoms with Gasteiger partial charge in [-0.05, 0) is 35.4 Å². The maximum Gasteiger partial charge on any atom is 0.408 e. The third-order valence-electron chi connectivity index (χ3n) is 3.97. The Kier molecular flexibility index (Phi) is 7.50. The number of carbonyl (C=O) groups is 2. The number of rotatable bonds is 8. The van der Waals surface area contributed by atoms with Crippen molar-refractivity contribution in [3.05, 3.63) is 53.6 Å². The van der Waals surface area contributed by atoms with Gasteiger partial charge >= 0.3 is 12.1 Å². The molecule has 28 heavy (non-hydrogen) atoms. The summed E-state index contributed by atoms with van der Waals surface area (Å²) >= 11 is 0. The van der Waals surface area contributed by atoms with Crippen LogP contribution in [0.2, 0.25) is 0 Å². The molecule has 2 aromatic carbocycles. The van der Waals surface area contributed by atoms with Crippen molar-refractivity contribution in [2.24, 2.45) is 0 Å². The first-order chi connectivity index (χ1) is 13.5. The second-order valence-corrected chi connectivity index (χ2v) is 5.86. The van der Waals surface area contributed by atoms with Gasteiger partial charge in [-0.1, -0.05) is 18.2 Å². The van der Waals surface area contributed by atoms with Crippen molar-refractivity contribution in [2.45, 2.75) is 19.1 Å². The van der Waals surface area contributed by atoms with Gasteiger partial charge in [0.15, 0.2) is 11.5 Å². The fourth-order valence-corrected chi connectivity index (χ4v) is 2.51. The topological polar surface area (TPSA) is 103 Å². The molecule has 2 N–H and O–H groups in total. The molecule has 0 bridgehead atoms. The molecule has 0 unspecified atom stereocenters. The molecule has 0 radical (unpaired) electrons. The average Bonchev–Trinajstić information content (AvgIpc) is 2.72. The zero-order chi connectivity index (χ0) is 20.5. The van der Waals surface area contributed by atoms with Crippen LogP contribution >= 0.6 is 0 Å². The highest BCUT2D eigenvalue weighted by molar-refractivity contribution is 5.81. The number of benzene rings is 2. The summed E-state index contributed by atoms with van der Waals surface area (Å²) in [6, 6.07) is 10.5. The summed E-state index contributed by atoms with van der Waals surface area (Å²) in [5.74, 6) is 0.593. The monoisotopic (exact) mass is 389 g/mol. The molecule has 1 amide bonds. The van der Waals surface area contributed by atoms with Crippen molar-refractivity contribution >= 4 is 12.1 Å². The van der Waals surface area contributed by atoms with Crippen LogP contribution < -0.4 is 14.8 Å². The van der Waals surface area contributed by atoms with Crippen molar-refractivity contribution in [3.63, 3.8) is 0 Å². The van der Waals surface area contributed by atoms with E-state index < -0.39 is 18.1 Å². The molecule has 0 aromatic heterocycles. The fraction of sp³-hybridized carbons (Fsp3) is 0.300. The molecule has 0 saturated heterocycles. The maximum absolute atomic E-state index is 12.1. The van der Waals surface area contributed by atoms with Crippen LogP contribution in [0.25, 0.3) is 0 Å². The lowest BCUT2D eigenvalue weighted by Gasteiger charge is -2.17. The minimum absolute atomic E-state index is 0.0146. The lowest BCUT2D eigenvalue weighted by molar-refractivity contribution is -0.143. The number of ether oxygens (including phenoxy) is 4. The number of alkyl carbamates (subject to hydrolysis) is 1. The van der Waals surface area contributed by atoms with Gasteiger partial charge in [-0.2, -0.15) is 0 Å². The molecular formula is C20H23NO7. The summed E-state index contributed by atoms with van der Waals surface area (Å²) in [5, 5.41) is 11.8. The van der Waals surface area contributed by atoms with Crippen LogP contribution in [0.4, 0.5) is 4.79 Å². The van der Waals surface area contributed by atoms with Crippen LogP contribution in [0, 0.1) is 0 Å². The average molecular weight is 389 g/mol. The Morgan fingerprint density at radius 1 is 0.964 bits per heavy atom. The Morgan fingerprint density at radius 3 is 2.21 bits per heavy atom. The summed E-state index contributed by atoms with van der Waals surface area (Å²) in [5.41, 5.74) is 1.44. The molecule has 0 saturated carbocycles. The van der Waals surface area contributed by atoms with E-state index in [1.165, 1.54) is 33.5 Å². The summed E-state index contributed by atoms with van der Waals surface area (Å²) in [6.45, 7) is -0.0146. The Hall–Kier alpha value is -3.42. The number of amides is 1. The molecule has 2 rings (SSSR count). The van der Waals surface area contributed by atoms with Gasteiger partial charge in [0.2, 0.25) is 0 Å². The molecule has 0 heterocycles. The first kappa shape index (κ1) is 20.9. The predicted octanol–water partition coefficient (Wildman–Crippen LogP) is 2.42. The number of phenols is 1. The number of hydrogen-bond donors (Lipinski definition) is 2. The number of hydrogen-bond acceptors (Lipinski definition) is 7. The van der Waals surface area contributed by atoms with E-state index in [9.17, 15) is 14.7 Å². The Bertz CT molecular complexity index is 805. The maximum atomic E-state index is 12.1. The lowest BCUT2D eigenvalue weighted by atomic mass is 10.1. The molecule has 0 aliphatic rings. The minimum Gasteiger partial charge on any atom is -0.508 e. The summed E-state index contributed by atoms with van der Waals surface area (Å²) < 4.78 is 20.3. The fourth-order valence-electron chi connectivity index (χ4n) is 2.51. The molecule has 0 aliphatic carbocycles. The zero-order valence-corrected chi connectivity index (χ0v) is 15.9. The van der Waals surface area contributed by atoms with Crippen molar-refractivity contribution < 1.29 is 33.6 Å². The third-order valence-corrected chi connectivity index (χ3v) is 3.97. The molecule has 2 aromatic rings. The van der Waals surface area contributed by atoms with Crippen LogP contribution in [0.1, 0.15) is 11.1 Å². The van der Waals surface area contributed by atoms with Crippen molar-refractivity contribution in [2.75, 3.05) is 21.3 Å². The SMILES string of the molecule is COC(=O)[C@H](Cc1ccc(O)cc1)NC(=O)OCc1ccc(OC)c(OC)c1. The molecule has 150 valence electrons. The summed E-state index contributed by atoms with van der Waals surface area (Å²) in [6.07, 6.45) is -0.567. The number of nitrogens with one attached hydrogen (secondary N) is 1. The minimum atomic E-state index is -0.924. The normalized spacial score (nSPS) is 11.2. The summed E-state index contributed by atoms with van der Waals surface area (Å²) in [4.78, 5) is 24.1. The molecule has 0 aliphatic heterocycles. The second kappa shape index (κ2) is 10.1. The van der Waals surface area contributed by atoms with Gasteiger partial charge in [0, 0.05) is 6.42 Å². The third kappa shape index (κ3) is 5.80. The van der Waals surface area contributed by atoms with Crippen LogP contribution in [-0.2, 0) is 27.3 Å². The van der Waals surface area contributed by atoms with Gasteiger partial charge in [-0.15, -0.1) is 0 Å². The zero-order valence-electron chi connectivity index (χ0n) is 15.9. The number of esters is 1. The highest BCUT2D eigenvalue weighted by Crippen LogP contribution is 2.27. The van der Waals surface area contributed by atoms with Crippen LogP contribution in [0.15, 0.2) is 42.5 Å². The van der Waals surface area contributed by atoms with Crippen molar-refractivity contribution in [1.82, 2.24) is 5.32 Å². The van der Waals surface area contributed by atoms with E-state index in [2.05, 4.69) is 5.32 Å². The lowest BCUT2D eigenvalue weighted by Crippen LogP contribution is -2.43. The number of methoxy groups -OCH3 is 3. The van der Waals surface area contributed by atoms with Crippen LogP contribution in [0.3, 0.4) is 0 Å². The van der Waals surface area contributed by atoms with Crippen molar-refractivity contribution in [1.29, 1.82) is 0 Å². The molecule has 0 spiro atoms. The number of aromatic hydroxyl groups is 1. The van der Waals surface area contributed by atoms with E-state index in [-0.39, 0.29) is 18.8 Å². The van der Waals surface area contributed by atoms with Gasteiger partial charge in [-0.25, -0.2) is 9.59 Å². The van der Waals surface area contributed by atoms with E-state index in [4.69, 9.17) is 18.9 Å². The first-order valence-corrected chi connectivity index (χ1v) is 8.46. The highest BCUT2D eigenvalue weighted by atomic mass is 16.6. The van der Waals surface area contributed by atoms with E-state index in [1.54, 1.807) is 30.3 Å². The van der Waals surface area contributed by atoms with E-state index in [0.29, 0.717) is 17.1 Å². The number of phenolic OH excluding ortho intramolecular Hbond substituents is 1. The van der Waals surface area contributed by atoms with Gasteiger partial charge in [0.05, 0.1) is 21.3 Å². The van der Waals surface area contributed by atoms with Gasteiger partial charge in [-0.3, -0.25) is 0 Å². The Labute approximate surface area is 163 Å². The van der Waals surface area contributed by atoms with Gasteiger partial charge in [0.1, 0.15) is 18.4 Å². The van der Waals surface area contributed by atoms with E-state index in [1.807, 2.05) is 0 Å². The highest BCUT2D eigenvalue weighted by Gasteiger charge is 2.23. The largest absolute Gasteiger partial charge is 0.508 e. The van der Waals surface area contributed by atoms with Gasteiger partial charge < -0.3 is 29.4 Å².